The third-order valence-electron chi connectivity index (χ3n) is 5.36. The van der Waals surface area contributed by atoms with E-state index in [0.29, 0.717) is 24.2 Å². The van der Waals surface area contributed by atoms with Crippen LogP contribution in [0.4, 0.5) is 4.39 Å². The Morgan fingerprint density at radius 1 is 1.10 bits per heavy atom. The minimum absolute atomic E-state index is 0. The van der Waals surface area contributed by atoms with Gasteiger partial charge in [-0.3, -0.25) is 9.69 Å². The highest BCUT2D eigenvalue weighted by Gasteiger charge is 2.24. The van der Waals surface area contributed by atoms with Gasteiger partial charge in [-0.05, 0) is 30.2 Å². The molecule has 2 aromatic carbocycles. The number of carbonyl (C=O) groups is 1. The number of nitrogens with zero attached hydrogens (tertiary/aromatic N) is 3. The van der Waals surface area contributed by atoms with Crippen molar-refractivity contribution in [2.75, 3.05) is 32.7 Å². The number of aromatic amines is 1. The summed E-state index contributed by atoms with van der Waals surface area (Å²) in [6.07, 6.45) is 2.52. The second-order valence-electron chi connectivity index (χ2n) is 7.05. The molecule has 1 aromatic heterocycles. The summed E-state index contributed by atoms with van der Waals surface area (Å²) in [4.78, 5) is 20.3. The largest absolute Gasteiger partial charge is 0.359 e. The molecule has 7 heteroatoms. The second-order valence-corrected chi connectivity index (χ2v) is 7.05. The van der Waals surface area contributed by atoms with Crippen molar-refractivity contribution in [3.8, 4) is 6.07 Å². The number of rotatable bonds is 4. The van der Waals surface area contributed by atoms with Gasteiger partial charge in [-0.1, -0.05) is 24.3 Å². The van der Waals surface area contributed by atoms with Crippen LogP contribution in [-0.4, -0.2) is 53.4 Å². The fraction of sp³-hybridized carbons (Fsp3) is 0.273. The maximum absolute atomic E-state index is 13.0. The number of hydrogen-bond donors (Lipinski definition) is 1. The zero-order chi connectivity index (χ0) is 19.5. The van der Waals surface area contributed by atoms with Crippen LogP contribution in [0.25, 0.3) is 10.9 Å². The van der Waals surface area contributed by atoms with E-state index in [1.165, 1.54) is 12.1 Å². The summed E-state index contributed by atoms with van der Waals surface area (Å²) in [6.45, 7) is 3.87. The quantitative estimate of drug-likeness (QED) is 0.712. The molecule has 0 bridgehead atoms. The molecule has 29 heavy (non-hydrogen) atoms. The van der Waals surface area contributed by atoms with E-state index in [2.05, 4.69) is 16.0 Å². The molecule has 0 saturated carbocycles. The molecule has 3 aromatic rings. The normalized spacial score (nSPS) is 14.4. The smallest absolute Gasteiger partial charge is 0.256 e. The number of H-pyrrole nitrogens is 1. The van der Waals surface area contributed by atoms with Crippen LogP contribution < -0.4 is 0 Å². The van der Waals surface area contributed by atoms with Crippen LogP contribution in [0.2, 0.25) is 0 Å². The zero-order valence-electron chi connectivity index (χ0n) is 15.9. The Morgan fingerprint density at radius 2 is 1.83 bits per heavy atom. The van der Waals surface area contributed by atoms with Gasteiger partial charge in [-0.25, -0.2) is 4.39 Å². The third kappa shape index (κ3) is 4.42. The first-order chi connectivity index (χ1) is 13.7. The highest BCUT2D eigenvalue weighted by atomic mass is 35.5. The monoisotopic (exact) mass is 412 g/mol. The maximum Gasteiger partial charge on any atom is 0.256 e. The Kier molecular flexibility index (Phi) is 6.53. The van der Waals surface area contributed by atoms with E-state index in [1.54, 1.807) is 6.20 Å². The van der Waals surface area contributed by atoms with E-state index in [9.17, 15) is 14.4 Å². The summed E-state index contributed by atoms with van der Waals surface area (Å²) in [5, 5.41) is 9.97. The highest BCUT2D eigenvalue weighted by Crippen LogP contribution is 2.23. The number of amides is 1. The summed E-state index contributed by atoms with van der Waals surface area (Å²) in [5.74, 6) is -0.218. The molecule has 0 aliphatic carbocycles. The summed E-state index contributed by atoms with van der Waals surface area (Å²) in [6, 6.07) is 14.3. The predicted molar refractivity (Wildman–Crippen MR) is 113 cm³/mol. The number of para-hydroxylation sites is 1. The van der Waals surface area contributed by atoms with Gasteiger partial charge in [0.05, 0.1) is 16.6 Å². The number of aromatic nitrogens is 1. The van der Waals surface area contributed by atoms with Gasteiger partial charge in [-0.15, -0.1) is 12.4 Å². The van der Waals surface area contributed by atoms with E-state index in [4.69, 9.17) is 0 Å². The van der Waals surface area contributed by atoms with E-state index in [-0.39, 0.29) is 24.1 Å². The van der Waals surface area contributed by atoms with Crippen LogP contribution >= 0.6 is 12.4 Å². The maximum atomic E-state index is 13.0. The van der Waals surface area contributed by atoms with Crippen LogP contribution in [0.3, 0.4) is 0 Å². The van der Waals surface area contributed by atoms with Gasteiger partial charge in [0.2, 0.25) is 0 Å². The van der Waals surface area contributed by atoms with Crippen molar-refractivity contribution in [2.45, 2.75) is 6.42 Å². The van der Waals surface area contributed by atoms with Gasteiger partial charge in [0.15, 0.2) is 0 Å². The lowest BCUT2D eigenvalue weighted by atomic mass is 10.1. The predicted octanol–water partition coefficient (Wildman–Crippen LogP) is 3.60. The van der Waals surface area contributed by atoms with Crippen LogP contribution in [0.5, 0.6) is 0 Å². The molecule has 0 unspecified atom stereocenters. The summed E-state index contributed by atoms with van der Waals surface area (Å²) < 4.78 is 13.0. The first-order valence-corrected chi connectivity index (χ1v) is 9.42. The number of benzene rings is 2. The molecular weight excluding hydrogens is 391 g/mol. The van der Waals surface area contributed by atoms with Gasteiger partial charge in [0.1, 0.15) is 11.9 Å². The molecule has 5 nitrogen and oxygen atoms in total. The lowest BCUT2D eigenvalue weighted by Crippen LogP contribution is -2.49. The van der Waals surface area contributed by atoms with Crippen molar-refractivity contribution in [3.63, 3.8) is 0 Å². The average Bonchev–Trinajstić information content (AvgIpc) is 3.16. The first-order valence-electron chi connectivity index (χ1n) is 9.42. The number of hydrogen-bond acceptors (Lipinski definition) is 3. The molecular formula is C22H22ClFN4O. The second kappa shape index (κ2) is 9.08. The van der Waals surface area contributed by atoms with Crippen LogP contribution in [0, 0.1) is 17.1 Å². The number of nitriles is 1. The van der Waals surface area contributed by atoms with E-state index < -0.39 is 0 Å². The Balaban J connectivity index is 0.00000240. The SMILES string of the molecule is Cl.N#Cc1c[nH]c2c(C(=O)N3CCN(CCc4ccc(F)cc4)CC3)cccc12. The summed E-state index contributed by atoms with van der Waals surface area (Å²) in [5.41, 5.74) is 3.00. The van der Waals surface area contributed by atoms with Gasteiger partial charge in [0.25, 0.3) is 5.91 Å². The van der Waals surface area contributed by atoms with Crippen molar-refractivity contribution in [2.24, 2.45) is 0 Å². The molecule has 1 saturated heterocycles. The van der Waals surface area contributed by atoms with Crippen molar-refractivity contribution < 1.29 is 9.18 Å². The number of halogens is 2. The minimum atomic E-state index is -0.213. The van der Waals surface area contributed by atoms with E-state index >= 15 is 0 Å². The Hall–Kier alpha value is -2.88. The highest BCUT2D eigenvalue weighted by molar-refractivity contribution is 6.06. The number of fused-ring (bicyclic) bond motifs is 1. The summed E-state index contributed by atoms with van der Waals surface area (Å²) in [7, 11) is 0. The van der Waals surface area contributed by atoms with Crippen molar-refractivity contribution in [3.05, 3.63) is 71.2 Å². The van der Waals surface area contributed by atoms with Crippen molar-refractivity contribution >= 4 is 29.2 Å². The lowest BCUT2D eigenvalue weighted by Gasteiger charge is -2.34. The molecule has 2 heterocycles. The molecule has 0 spiro atoms. The first kappa shape index (κ1) is 20.8. The molecule has 0 atom stereocenters. The van der Waals surface area contributed by atoms with E-state index in [1.807, 2.05) is 35.2 Å². The van der Waals surface area contributed by atoms with Crippen LogP contribution in [-0.2, 0) is 6.42 Å². The lowest BCUT2D eigenvalue weighted by molar-refractivity contribution is 0.0640. The third-order valence-corrected chi connectivity index (χ3v) is 5.36. The van der Waals surface area contributed by atoms with Crippen molar-refractivity contribution in [1.82, 2.24) is 14.8 Å². The molecule has 150 valence electrons. The Labute approximate surface area is 175 Å². The van der Waals surface area contributed by atoms with Gasteiger partial charge < -0.3 is 9.88 Å². The fourth-order valence-corrected chi connectivity index (χ4v) is 3.71. The topological polar surface area (TPSA) is 63.1 Å². The van der Waals surface area contributed by atoms with E-state index in [0.717, 1.165) is 42.5 Å². The van der Waals surface area contributed by atoms with Crippen molar-refractivity contribution in [1.29, 1.82) is 5.26 Å². The molecule has 1 aliphatic rings. The molecule has 4 rings (SSSR count). The molecule has 1 fully saturated rings. The number of nitrogens with one attached hydrogen (secondary N) is 1. The Bertz CT molecular complexity index is 1030. The number of piperazine rings is 1. The minimum Gasteiger partial charge on any atom is -0.359 e. The standard InChI is InChI=1S/C22H21FN4O.ClH/c23-18-6-4-16(5-7-18)8-9-26-10-12-27(13-11-26)22(28)20-3-1-2-19-17(14-24)15-25-21(19)20;/h1-7,15,25H,8-13H2;1H. The van der Waals surface area contributed by atoms with Gasteiger partial charge in [0, 0.05) is 44.3 Å². The zero-order valence-corrected chi connectivity index (χ0v) is 16.7. The molecule has 0 radical (unpaired) electrons. The van der Waals surface area contributed by atoms with Gasteiger partial charge >= 0.3 is 0 Å². The number of carbonyl (C=O) groups excluding carboxylic acids is 1. The molecule has 1 N–H and O–H groups in total. The van der Waals surface area contributed by atoms with Crippen LogP contribution in [0.1, 0.15) is 21.5 Å². The molecule has 1 amide bonds. The fourth-order valence-electron chi connectivity index (χ4n) is 3.71. The average molecular weight is 413 g/mol. The van der Waals surface area contributed by atoms with Gasteiger partial charge in [-0.2, -0.15) is 5.26 Å². The Morgan fingerprint density at radius 3 is 2.52 bits per heavy atom. The van der Waals surface area contributed by atoms with Crippen LogP contribution in [0.15, 0.2) is 48.7 Å². The molecule has 1 aliphatic heterocycles. The summed E-state index contributed by atoms with van der Waals surface area (Å²) >= 11 is 0.